The van der Waals surface area contributed by atoms with Gasteiger partial charge in [0, 0.05) is 11.4 Å². The number of rotatable bonds is 5. The summed E-state index contributed by atoms with van der Waals surface area (Å²) >= 11 is 1.38. The maximum atomic E-state index is 11.4. The van der Waals surface area contributed by atoms with E-state index in [1.54, 1.807) is 12.1 Å². The lowest BCUT2D eigenvalue weighted by Crippen LogP contribution is -2.11. The van der Waals surface area contributed by atoms with Crippen molar-refractivity contribution in [3.8, 4) is 0 Å². The third kappa shape index (κ3) is 4.21. The summed E-state index contributed by atoms with van der Waals surface area (Å²) in [6.07, 6.45) is 1.44. The van der Waals surface area contributed by atoms with Crippen molar-refractivity contribution in [1.82, 2.24) is 15.0 Å². The predicted octanol–water partition coefficient (Wildman–Crippen LogP) is 2.32. The van der Waals surface area contributed by atoms with E-state index in [0.29, 0.717) is 22.3 Å². The first kappa shape index (κ1) is 19.3. The lowest BCUT2D eigenvalue weighted by Gasteiger charge is -2.08. The van der Waals surface area contributed by atoms with E-state index in [1.165, 1.54) is 29.8 Å². The Labute approximate surface area is 172 Å². The molecule has 0 fully saturated rings. The van der Waals surface area contributed by atoms with E-state index in [9.17, 15) is 8.42 Å². The van der Waals surface area contributed by atoms with Crippen LogP contribution in [0.3, 0.4) is 0 Å². The van der Waals surface area contributed by atoms with Crippen LogP contribution in [-0.4, -0.2) is 31.2 Å². The number of nitrogens with one attached hydrogen (secondary N) is 2. The highest BCUT2D eigenvalue weighted by atomic mass is 32.2. The number of nitrogens with zero attached hydrogens (tertiary/aromatic N) is 3. The van der Waals surface area contributed by atoms with E-state index < -0.39 is 10.0 Å². The summed E-state index contributed by atoms with van der Waals surface area (Å²) in [4.78, 5) is 13.0. The zero-order valence-electron chi connectivity index (χ0n) is 15.2. The monoisotopic (exact) mass is 422 g/mol. The molecule has 2 aromatic heterocycles. The highest BCUT2D eigenvalue weighted by Crippen LogP contribution is 2.32. The molecule has 0 saturated heterocycles. The lowest BCUT2D eigenvalue weighted by atomic mass is 9.91. The van der Waals surface area contributed by atoms with Crippen LogP contribution in [0.1, 0.15) is 5.56 Å². The molecule has 0 amide bonds. The molecule has 2 heterocycles. The number of primary sulfonamides is 1. The van der Waals surface area contributed by atoms with Crippen LogP contribution < -0.4 is 21.2 Å². The summed E-state index contributed by atoms with van der Waals surface area (Å²) in [5.74, 6) is 0.634. The fourth-order valence-electron chi connectivity index (χ4n) is 2.64. The first-order chi connectivity index (χ1) is 13.8. The standard InChI is InChI=1S/C18H15BN6O2S2/c1-10-8-12(4-7-14(10)19)23-16-15-17(22-9-21-16)25-18(28-15)24-11-2-5-13(6-3-11)29(20,26)27/h2-9H,1H3,(H2,20,26,27)(H2,21,22,23,24,25). The van der Waals surface area contributed by atoms with E-state index in [0.717, 1.165) is 21.4 Å². The molecule has 8 nitrogen and oxygen atoms in total. The average molecular weight is 422 g/mol. The number of thiazole rings is 1. The second-order valence-corrected chi connectivity index (χ2v) is 8.85. The number of hydrogen-bond acceptors (Lipinski definition) is 8. The Morgan fingerprint density at radius 1 is 1.03 bits per heavy atom. The van der Waals surface area contributed by atoms with Gasteiger partial charge in [-0.25, -0.2) is 23.5 Å². The second-order valence-electron chi connectivity index (χ2n) is 6.28. The number of benzene rings is 2. The Bertz CT molecular complexity index is 1310. The van der Waals surface area contributed by atoms with Crippen LogP contribution in [0.4, 0.5) is 22.3 Å². The van der Waals surface area contributed by atoms with Gasteiger partial charge in [0.05, 0.1) is 4.90 Å². The lowest BCUT2D eigenvalue weighted by molar-refractivity contribution is 0.598. The molecule has 144 valence electrons. The predicted molar refractivity (Wildman–Crippen MR) is 116 cm³/mol. The first-order valence-electron chi connectivity index (χ1n) is 8.44. The molecule has 0 atom stereocenters. The zero-order chi connectivity index (χ0) is 20.6. The molecule has 0 aliphatic carbocycles. The van der Waals surface area contributed by atoms with E-state index in [1.807, 2.05) is 25.1 Å². The minimum atomic E-state index is -3.73. The summed E-state index contributed by atoms with van der Waals surface area (Å²) in [5.41, 5.74) is 3.77. The SMILES string of the molecule is [B]c1ccc(Nc2ncnc3nc(Nc4ccc(S(N)(=O)=O)cc4)sc23)cc1C. The molecule has 0 aliphatic rings. The van der Waals surface area contributed by atoms with Crippen LogP contribution in [0, 0.1) is 6.92 Å². The molecule has 11 heteroatoms. The van der Waals surface area contributed by atoms with Gasteiger partial charge in [0.15, 0.2) is 16.6 Å². The summed E-state index contributed by atoms with van der Waals surface area (Å²) in [7, 11) is 2.14. The third-order valence-corrected chi connectivity index (χ3v) is 6.05. The van der Waals surface area contributed by atoms with Gasteiger partial charge in [-0.05, 0) is 43.3 Å². The van der Waals surface area contributed by atoms with Gasteiger partial charge in [-0.3, -0.25) is 0 Å². The molecule has 0 saturated carbocycles. The molecule has 2 aromatic carbocycles. The quantitative estimate of drug-likeness (QED) is 0.422. The molecular formula is C18H15BN6O2S2. The van der Waals surface area contributed by atoms with Crippen LogP contribution in [0.2, 0.25) is 0 Å². The van der Waals surface area contributed by atoms with Crippen LogP contribution in [0.5, 0.6) is 0 Å². The van der Waals surface area contributed by atoms with Crippen molar-refractivity contribution in [3.05, 3.63) is 54.4 Å². The number of hydrogen-bond donors (Lipinski definition) is 3. The van der Waals surface area contributed by atoms with Gasteiger partial charge in [0.2, 0.25) is 10.0 Å². The molecule has 0 unspecified atom stereocenters. The van der Waals surface area contributed by atoms with Crippen LogP contribution >= 0.6 is 11.3 Å². The van der Waals surface area contributed by atoms with Gasteiger partial charge in [-0.15, -0.1) is 0 Å². The van der Waals surface area contributed by atoms with Crippen molar-refractivity contribution < 1.29 is 8.42 Å². The van der Waals surface area contributed by atoms with Crippen molar-refractivity contribution in [2.24, 2.45) is 5.14 Å². The number of anilines is 4. The minimum Gasteiger partial charge on any atom is -0.339 e. The van der Waals surface area contributed by atoms with E-state index in [-0.39, 0.29) is 4.90 Å². The Morgan fingerprint density at radius 3 is 2.45 bits per heavy atom. The van der Waals surface area contributed by atoms with Gasteiger partial charge >= 0.3 is 0 Å². The molecule has 4 aromatic rings. The number of nitrogens with two attached hydrogens (primary N) is 1. The number of sulfonamides is 1. The molecule has 2 radical (unpaired) electrons. The maximum absolute atomic E-state index is 11.4. The van der Waals surface area contributed by atoms with E-state index in [2.05, 4.69) is 25.6 Å². The van der Waals surface area contributed by atoms with Crippen molar-refractivity contribution in [1.29, 1.82) is 0 Å². The largest absolute Gasteiger partial charge is 0.339 e. The van der Waals surface area contributed by atoms with Crippen LogP contribution in [0.25, 0.3) is 10.3 Å². The van der Waals surface area contributed by atoms with Crippen molar-refractivity contribution in [2.45, 2.75) is 11.8 Å². The van der Waals surface area contributed by atoms with E-state index >= 15 is 0 Å². The fraction of sp³-hybridized carbons (Fsp3) is 0.0556. The second kappa shape index (κ2) is 7.43. The Balaban J connectivity index is 1.61. The third-order valence-electron chi connectivity index (χ3n) is 4.16. The van der Waals surface area contributed by atoms with Crippen molar-refractivity contribution in [3.63, 3.8) is 0 Å². The topological polar surface area (TPSA) is 123 Å². The van der Waals surface area contributed by atoms with Gasteiger partial charge in [-0.1, -0.05) is 28.4 Å². The normalized spacial score (nSPS) is 11.5. The summed E-state index contributed by atoms with van der Waals surface area (Å²) in [6.45, 7) is 1.94. The van der Waals surface area contributed by atoms with Gasteiger partial charge < -0.3 is 10.6 Å². The summed E-state index contributed by atoms with van der Waals surface area (Å²) in [5, 5.41) is 12.1. The molecule has 0 aliphatic heterocycles. The highest BCUT2D eigenvalue weighted by Gasteiger charge is 2.12. The van der Waals surface area contributed by atoms with Gasteiger partial charge in [0.1, 0.15) is 18.9 Å². The average Bonchev–Trinajstić information content (AvgIpc) is 3.08. The van der Waals surface area contributed by atoms with Crippen molar-refractivity contribution >= 4 is 67.3 Å². The molecule has 0 spiro atoms. The van der Waals surface area contributed by atoms with Crippen molar-refractivity contribution in [2.75, 3.05) is 10.6 Å². The van der Waals surface area contributed by atoms with Gasteiger partial charge in [0.25, 0.3) is 0 Å². The molecule has 4 N–H and O–H groups in total. The Hall–Kier alpha value is -3.02. The maximum Gasteiger partial charge on any atom is 0.238 e. The Kier molecular flexibility index (Phi) is 4.95. The zero-order valence-corrected chi connectivity index (χ0v) is 16.9. The number of aromatic nitrogens is 3. The Morgan fingerprint density at radius 2 is 1.76 bits per heavy atom. The minimum absolute atomic E-state index is 0.0449. The fourth-order valence-corrected chi connectivity index (χ4v) is 4.04. The summed E-state index contributed by atoms with van der Waals surface area (Å²) < 4.78 is 23.5. The molecule has 4 rings (SSSR count). The van der Waals surface area contributed by atoms with E-state index in [4.69, 9.17) is 13.0 Å². The molecular weight excluding hydrogens is 407 g/mol. The first-order valence-corrected chi connectivity index (χ1v) is 10.8. The van der Waals surface area contributed by atoms with Crippen LogP contribution in [0.15, 0.2) is 53.7 Å². The number of fused-ring (bicyclic) bond motifs is 1. The summed E-state index contributed by atoms with van der Waals surface area (Å²) in [6, 6.07) is 11.8. The molecule has 0 bridgehead atoms. The molecule has 29 heavy (non-hydrogen) atoms. The van der Waals surface area contributed by atoms with Gasteiger partial charge in [-0.2, -0.15) is 4.98 Å². The smallest absolute Gasteiger partial charge is 0.238 e. The number of aryl methyl sites for hydroxylation is 1. The highest BCUT2D eigenvalue weighted by molar-refractivity contribution is 7.89. The van der Waals surface area contributed by atoms with Crippen LogP contribution in [-0.2, 0) is 10.0 Å².